The predicted octanol–water partition coefficient (Wildman–Crippen LogP) is 3.02. The van der Waals surface area contributed by atoms with Crippen molar-refractivity contribution >= 4 is 41.0 Å². The van der Waals surface area contributed by atoms with Crippen molar-refractivity contribution in [2.75, 3.05) is 12.4 Å². The number of esters is 1. The highest BCUT2D eigenvalue weighted by atomic mass is 35.5. The number of hydrazone groups is 1. The Balaban J connectivity index is 2.25. The van der Waals surface area contributed by atoms with Crippen molar-refractivity contribution in [2.45, 2.75) is 26.0 Å². The summed E-state index contributed by atoms with van der Waals surface area (Å²) < 4.78 is 4.80. The standard InChI is InChI=1S/C15H19ClN2O3S/c1-3-21-15(20)8-11(2)17-18-14(19)10-22-9-12-4-6-13(16)7-5-12/h4-7H,3,8-10H2,1-2H3,(H,18,19)/b17-11-. The van der Waals surface area contributed by atoms with Crippen LogP contribution in [-0.2, 0) is 20.1 Å². The zero-order chi connectivity index (χ0) is 16.4. The summed E-state index contributed by atoms with van der Waals surface area (Å²) in [5.41, 5.74) is 4.03. The highest BCUT2D eigenvalue weighted by molar-refractivity contribution is 7.99. The molecule has 1 amide bonds. The largest absolute Gasteiger partial charge is 0.466 e. The second-order valence-electron chi connectivity index (χ2n) is 4.48. The molecule has 0 atom stereocenters. The van der Waals surface area contributed by atoms with Gasteiger partial charge in [-0.2, -0.15) is 5.10 Å². The number of benzene rings is 1. The molecular formula is C15H19ClN2O3S. The Hall–Kier alpha value is -1.53. The number of nitrogens with one attached hydrogen (secondary N) is 1. The second kappa shape index (κ2) is 10.2. The highest BCUT2D eigenvalue weighted by Crippen LogP contribution is 2.15. The average Bonchev–Trinajstić information content (AvgIpc) is 2.47. The Morgan fingerprint density at radius 2 is 2.00 bits per heavy atom. The first-order chi connectivity index (χ1) is 10.5. The van der Waals surface area contributed by atoms with Gasteiger partial charge in [0.2, 0.25) is 5.91 Å². The van der Waals surface area contributed by atoms with Gasteiger partial charge in [-0.05, 0) is 31.5 Å². The van der Waals surface area contributed by atoms with Crippen LogP contribution in [0.15, 0.2) is 29.4 Å². The van der Waals surface area contributed by atoms with Crippen LogP contribution in [-0.4, -0.2) is 29.9 Å². The number of ether oxygens (including phenoxy) is 1. The van der Waals surface area contributed by atoms with E-state index in [1.807, 2.05) is 24.3 Å². The Morgan fingerprint density at radius 1 is 1.32 bits per heavy atom. The molecule has 0 saturated heterocycles. The number of rotatable bonds is 8. The minimum Gasteiger partial charge on any atom is -0.466 e. The van der Waals surface area contributed by atoms with E-state index in [1.165, 1.54) is 11.8 Å². The van der Waals surface area contributed by atoms with E-state index in [9.17, 15) is 9.59 Å². The Labute approximate surface area is 139 Å². The molecule has 0 bridgehead atoms. The van der Waals surface area contributed by atoms with Gasteiger partial charge < -0.3 is 4.74 Å². The van der Waals surface area contributed by atoms with Crippen molar-refractivity contribution in [3.63, 3.8) is 0 Å². The van der Waals surface area contributed by atoms with Gasteiger partial charge in [0.15, 0.2) is 0 Å². The van der Waals surface area contributed by atoms with Crippen LogP contribution in [0.2, 0.25) is 5.02 Å². The third-order valence-corrected chi connectivity index (χ3v) is 3.75. The first-order valence-electron chi connectivity index (χ1n) is 6.81. The van der Waals surface area contributed by atoms with Gasteiger partial charge in [0, 0.05) is 16.5 Å². The molecule has 1 rings (SSSR count). The van der Waals surface area contributed by atoms with Crippen LogP contribution in [0.4, 0.5) is 0 Å². The van der Waals surface area contributed by atoms with Crippen molar-refractivity contribution in [1.82, 2.24) is 5.43 Å². The molecule has 0 heterocycles. The van der Waals surface area contributed by atoms with Crippen molar-refractivity contribution in [2.24, 2.45) is 5.10 Å². The molecule has 120 valence electrons. The third kappa shape index (κ3) is 8.05. The lowest BCUT2D eigenvalue weighted by Gasteiger charge is -2.04. The molecule has 7 heteroatoms. The van der Waals surface area contributed by atoms with E-state index in [2.05, 4.69) is 10.5 Å². The summed E-state index contributed by atoms with van der Waals surface area (Å²) in [6.45, 7) is 3.74. The van der Waals surface area contributed by atoms with Gasteiger partial charge in [0.05, 0.1) is 18.8 Å². The number of hydrogen-bond acceptors (Lipinski definition) is 5. The maximum atomic E-state index is 11.6. The zero-order valence-corrected chi connectivity index (χ0v) is 14.2. The minimum absolute atomic E-state index is 0.0754. The first kappa shape index (κ1) is 18.5. The molecule has 0 unspecified atom stereocenters. The number of hydrogen-bond donors (Lipinski definition) is 1. The molecule has 1 aromatic rings. The fourth-order valence-electron chi connectivity index (χ4n) is 1.49. The molecule has 0 aliphatic heterocycles. The van der Waals surface area contributed by atoms with Crippen LogP contribution >= 0.6 is 23.4 Å². The Kier molecular flexibility index (Phi) is 8.62. The lowest BCUT2D eigenvalue weighted by Crippen LogP contribution is -2.22. The van der Waals surface area contributed by atoms with Crippen LogP contribution < -0.4 is 5.43 Å². The zero-order valence-electron chi connectivity index (χ0n) is 12.6. The topological polar surface area (TPSA) is 67.8 Å². The molecule has 0 spiro atoms. The Bertz CT molecular complexity index is 532. The lowest BCUT2D eigenvalue weighted by molar-refractivity contribution is -0.141. The number of carbonyl (C=O) groups is 2. The minimum atomic E-state index is -0.352. The number of carbonyl (C=O) groups excluding carboxylic acids is 2. The molecule has 5 nitrogen and oxygen atoms in total. The first-order valence-corrected chi connectivity index (χ1v) is 8.34. The Morgan fingerprint density at radius 3 is 2.64 bits per heavy atom. The lowest BCUT2D eigenvalue weighted by atomic mass is 10.2. The van der Waals surface area contributed by atoms with Gasteiger partial charge in [0.1, 0.15) is 0 Å². The monoisotopic (exact) mass is 342 g/mol. The molecule has 0 aliphatic carbocycles. The third-order valence-electron chi connectivity index (χ3n) is 2.49. The van der Waals surface area contributed by atoms with E-state index in [0.29, 0.717) is 23.1 Å². The summed E-state index contributed by atoms with van der Waals surface area (Å²) in [4.78, 5) is 22.8. The van der Waals surface area contributed by atoms with Gasteiger partial charge in [-0.15, -0.1) is 11.8 Å². The highest BCUT2D eigenvalue weighted by Gasteiger charge is 2.05. The van der Waals surface area contributed by atoms with Crippen LogP contribution in [0.1, 0.15) is 25.8 Å². The summed E-state index contributed by atoms with van der Waals surface area (Å²) in [7, 11) is 0. The summed E-state index contributed by atoms with van der Waals surface area (Å²) in [6.07, 6.45) is 0.0754. The van der Waals surface area contributed by atoms with E-state index in [-0.39, 0.29) is 18.3 Å². The van der Waals surface area contributed by atoms with Crippen LogP contribution in [0.5, 0.6) is 0 Å². The normalized spacial score (nSPS) is 11.1. The van der Waals surface area contributed by atoms with Crippen LogP contribution in [0.3, 0.4) is 0 Å². The summed E-state index contributed by atoms with van der Waals surface area (Å²) >= 11 is 7.28. The van der Waals surface area contributed by atoms with Crippen molar-refractivity contribution < 1.29 is 14.3 Å². The second-order valence-corrected chi connectivity index (χ2v) is 5.91. The summed E-state index contributed by atoms with van der Waals surface area (Å²) in [6, 6.07) is 7.49. The van der Waals surface area contributed by atoms with Gasteiger partial charge in [-0.1, -0.05) is 23.7 Å². The van der Waals surface area contributed by atoms with Crippen molar-refractivity contribution in [3.8, 4) is 0 Å². The van der Waals surface area contributed by atoms with E-state index < -0.39 is 0 Å². The fraction of sp³-hybridized carbons (Fsp3) is 0.400. The maximum Gasteiger partial charge on any atom is 0.311 e. The van der Waals surface area contributed by atoms with Gasteiger partial charge >= 0.3 is 5.97 Å². The van der Waals surface area contributed by atoms with Crippen molar-refractivity contribution in [1.29, 1.82) is 0 Å². The molecule has 0 saturated carbocycles. The van der Waals surface area contributed by atoms with Crippen LogP contribution in [0, 0.1) is 0 Å². The molecule has 0 aromatic heterocycles. The molecule has 1 aromatic carbocycles. The molecule has 1 N–H and O–H groups in total. The fourth-order valence-corrected chi connectivity index (χ4v) is 2.40. The molecule has 0 aliphatic rings. The van der Waals surface area contributed by atoms with Crippen molar-refractivity contribution in [3.05, 3.63) is 34.9 Å². The molecule has 0 fully saturated rings. The number of halogens is 1. The number of thioether (sulfide) groups is 1. The summed E-state index contributed by atoms with van der Waals surface area (Å²) in [5.74, 6) is 0.451. The molecule has 22 heavy (non-hydrogen) atoms. The number of nitrogens with zero attached hydrogens (tertiary/aromatic N) is 1. The van der Waals surface area contributed by atoms with Gasteiger partial charge in [0.25, 0.3) is 0 Å². The van der Waals surface area contributed by atoms with E-state index >= 15 is 0 Å². The van der Waals surface area contributed by atoms with Gasteiger partial charge in [-0.25, -0.2) is 5.43 Å². The van der Waals surface area contributed by atoms with Crippen LogP contribution in [0.25, 0.3) is 0 Å². The van der Waals surface area contributed by atoms with E-state index in [0.717, 1.165) is 11.3 Å². The van der Waals surface area contributed by atoms with E-state index in [4.69, 9.17) is 16.3 Å². The molecular weight excluding hydrogens is 324 g/mol. The average molecular weight is 343 g/mol. The maximum absolute atomic E-state index is 11.6. The predicted molar refractivity (Wildman–Crippen MR) is 90.1 cm³/mol. The molecule has 0 radical (unpaired) electrons. The quantitative estimate of drug-likeness (QED) is 0.448. The SMILES string of the molecule is CCOC(=O)C/C(C)=N\NC(=O)CSCc1ccc(Cl)cc1. The summed E-state index contributed by atoms with van der Waals surface area (Å²) in [5, 5.41) is 4.56. The van der Waals surface area contributed by atoms with Gasteiger partial charge in [-0.3, -0.25) is 9.59 Å². The number of amides is 1. The van der Waals surface area contributed by atoms with E-state index in [1.54, 1.807) is 13.8 Å². The smallest absolute Gasteiger partial charge is 0.311 e.